The van der Waals surface area contributed by atoms with Gasteiger partial charge in [0.2, 0.25) is 0 Å². The molecule has 38 heavy (non-hydrogen) atoms. The van der Waals surface area contributed by atoms with Crippen LogP contribution in [0.15, 0.2) is 51.8 Å². The Bertz CT molecular complexity index is 1580. The third-order valence-electron chi connectivity index (χ3n) is 7.15. The summed E-state index contributed by atoms with van der Waals surface area (Å²) in [5.41, 5.74) is 4.86. The van der Waals surface area contributed by atoms with E-state index < -0.39 is 9.84 Å². The molecule has 2 amide bonds. The molecule has 8 nitrogen and oxygen atoms in total. The van der Waals surface area contributed by atoms with E-state index in [9.17, 15) is 18.0 Å². The maximum atomic E-state index is 13.3. The number of sulfone groups is 1. The van der Waals surface area contributed by atoms with Gasteiger partial charge in [-0.05, 0) is 68.4 Å². The van der Waals surface area contributed by atoms with Crippen molar-refractivity contribution in [2.24, 2.45) is 0 Å². The summed E-state index contributed by atoms with van der Waals surface area (Å²) in [4.78, 5) is 33.7. The highest BCUT2D eigenvalue weighted by Gasteiger charge is 2.29. The van der Waals surface area contributed by atoms with Gasteiger partial charge in [0.05, 0.1) is 21.8 Å². The number of H-pyrrole nitrogens is 1. The van der Waals surface area contributed by atoms with Gasteiger partial charge >= 0.3 is 0 Å². The van der Waals surface area contributed by atoms with Gasteiger partial charge in [-0.1, -0.05) is 28.1 Å². The van der Waals surface area contributed by atoms with Crippen molar-refractivity contribution in [1.82, 2.24) is 14.8 Å². The number of piperazine rings is 1. The summed E-state index contributed by atoms with van der Waals surface area (Å²) in [6.45, 7) is 6.72. The first-order valence-electron chi connectivity index (χ1n) is 12.3. The molecule has 1 fully saturated rings. The van der Waals surface area contributed by atoms with Gasteiger partial charge in [0, 0.05) is 53.3 Å². The number of aromatic nitrogens is 1. The largest absolute Gasteiger partial charge is 0.358 e. The van der Waals surface area contributed by atoms with Crippen LogP contribution in [0, 0.1) is 13.8 Å². The van der Waals surface area contributed by atoms with E-state index in [1.54, 1.807) is 36.4 Å². The zero-order valence-corrected chi connectivity index (χ0v) is 23.9. The fourth-order valence-electron chi connectivity index (χ4n) is 4.98. The van der Waals surface area contributed by atoms with Crippen molar-refractivity contribution < 1.29 is 18.0 Å². The number of carbonyl (C=O) groups excluding carboxylic acids is 2. The topological polar surface area (TPSA) is 103 Å². The Labute approximate surface area is 230 Å². The number of rotatable bonds is 5. The van der Waals surface area contributed by atoms with Crippen LogP contribution in [0.2, 0.25) is 0 Å². The summed E-state index contributed by atoms with van der Waals surface area (Å²) in [5.74, 6) is -0.496. The monoisotopic (exact) mass is 596 g/mol. The molecule has 0 atom stereocenters. The smallest absolute Gasteiger partial charge is 0.256 e. The summed E-state index contributed by atoms with van der Waals surface area (Å²) >= 11 is 3.38. The normalized spacial score (nSPS) is 17.1. The zero-order chi connectivity index (χ0) is 27.2. The van der Waals surface area contributed by atoms with Crippen LogP contribution in [0.1, 0.15) is 38.4 Å². The minimum Gasteiger partial charge on any atom is -0.358 e. The molecule has 2 aliphatic heterocycles. The number of benzene rings is 2. The molecule has 0 radical (unpaired) electrons. The van der Waals surface area contributed by atoms with Crippen molar-refractivity contribution in [2.75, 3.05) is 38.5 Å². The Morgan fingerprint density at radius 1 is 1.08 bits per heavy atom. The van der Waals surface area contributed by atoms with Gasteiger partial charge in [-0.15, -0.1) is 0 Å². The summed E-state index contributed by atoms with van der Waals surface area (Å²) in [6, 6.07) is 11.9. The molecule has 2 aliphatic rings. The third-order valence-corrected chi connectivity index (χ3v) is 9.33. The average Bonchev–Trinajstić information content (AvgIpc) is 3.33. The molecular formula is C28H29BrN4O4S. The first-order valence-corrected chi connectivity index (χ1v) is 14.8. The van der Waals surface area contributed by atoms with E-state index >= 15 is 0 Å². The predicted octanol–water partition coefficient (Wildman–Crippen LogP) is 4.25. The Morgan fingerprint density at radius 3 is 2.53 bits per heavy atom. The number of likely N-dealkylation sites (N-methyl/N-ethyl adjacent to an activating group) is 1. The highest BCUT2D eigenvalue weighted by atomic mass is 79.9. The maximum absolute atomic E-state index is 13.3. The fraction of sp³-hybridized carbons (Fsp3) is 0.286. The second-order valence-corrected chi connectivity index (χ2v) is 12.8. The highest BCUT2D eigenvalue weighted by Crippen LogP contribution is 2.36. The molecule has 10 heteroatoms. The van der Waals surface area contributed by atoms with Crippen LogP contribution >= 0.6 is 15.9 Å². The van der Waals surface area contributed by atoms with Crippen LogP contribution < -0.4 is 5.32 Å². The van der Waals surface area contributed by atoms with Crippen molar-refractivity contribution >= 4 is 54.9 Å². The molecule has 0 unspecified atom stereocenters. The fourth-order valence-corrected chi connectivity index (χ4v) is 6.79. The molecule has 3 heterocycles. The number of fused-ring (bicyclic) bond motifs is 1. The number of hydrogen-bond acceptors (Lipinski definition) is 5. The molecule has 0 spiro atoms. The number of anilines is 1. The van der Waals surface area contributed by atoms with Gasteiger partial charge < -0.3 is 20.1 Å². The van der Waals surface area contributed by atoms with Crippen molar-refractivity contribution in [1.29, 1.82) is 0 Å². The average molecular weight is 598 g/mol. The zero-order valence-electron chi connectivity index (χ0n) is 21.5. The van der Waals surface area contributed by atoms with Crippen LogP contribution in [0.25, 0.3) is 11.6 Å². The number of aromatic amines is 1. The van der Waals surface area contributed by atoms with E-state index in [2.05, 4.69) is 31.1 Å². The molecule has 3 aromatic rings. The van der Waals surface area contributed by atoms with E-state index in [1.165, 1.54) is 6.07 Å². The van der Waals surface area contributed by atoms with E-state index in [0.29, 0.717) is 46.7 Å². The Morgan fingerprint density at radius 2 is 1.82 bits per heavy atom. The molecule has 2 aromatic carbocycles. The quantitative estimate of drug-likeness (QED) is 0.429. The van der Waals surface area contributed by atoms with E-state index in [0.717, 1.165) is 28.8 Å². The lowest BCUT2D eigenvalue weighted by Gasteiger charge is -2.32. The Hall–Kier alpha value is -3.21. The van der Waals surface area contributed by atoms with Gasteiger partial charge in [-0.3, -0.25) is 9.59 Å². The number of carbonyl (C=O) groups is 2. The van der Waals surface area contributed by atoms with Crippen LogP contribution in [-0.2, 0) is 20.4 Å². The molecule has 0 saturated carbocycles. The van der Waals surface area contributed by atoms with Crippen molar-refractivity contribution in [3.05, 3.63) is 80.6 Å². The molecule has 198 valence electrons. The summed E-state index contributed by atoms with van der Waals surface area (Å²) in [6.07, 6.45) is 1.70. The number of halogens is 1. The summed E-state index contributed by atoms with van der Waals surface area (Å²) < 4.78 is 27.2. The lowest BCUT2D eigenvalue weighted by atomic mass is 10.0. The van der Waals surface area contributed by atoms with E-state index in [4.69, 9.17) is 0 Å². The molecule has 1 aromatic heterocycles. The molecule has 2 N–H and O–H groups in total. The second-order valence-electron chi connectivity index (χ2n) is 9.87. The van der Waals surface area contributed by atoms with Gasteiger partial charge in [-0.2, -0.15) is 0 Å². The second kappa shape index (κ2) is 10.2. The SMILES string of the molecule is Cc1[nH]c(/C=C2\C(=O)Nc3ccc(S(=O)(=O)Cc4cccc(Br)c4)cc32)c(C)c1C(=O)N1CCN(C)CC1. The lowest BCUT2D eigenvalue weighted by Crippen LogP contribution is -2.47. The van der Waals surface area contributed by atoms with Crippen LogP contribution in [0.3, 0.4) is 0 Å². The molecular weight excluding hydrogens is 568 g/mol. The van der Waals surface area contributed by atoms with Gasteiger partial charge in [0.25, 0.3) is 11.8 Å². The van der Waals surface area contributed by atoms with Crippen molar-refractivity contribution in [3.63, 3.8) is 0 Å². The Balaban J connectivity index is 1.47. The lowest BCUT2D eigenvalue weighted by molar-refractivity contribution is -0.110. The van der Waals surface area contributed by atoms with Gasteiger partial charge in [-0.25, -0.2) is 8.42 Å². The first kappa shape index (κ1) is 26.4. The highest BCUT2D eigenvalue weighted by molar-refractivity contribution is 9.10. The summed E-state index contributed by atoms with van der Waals surface area (Å²) in [5, 5.41) is 2.82. The number of nitrogens with one attached hydrogen (secondary N) is 2. The molecule has 0 bridgehead atoms. The minimum atomic E-state index is -3.65. The third kappa shape index (κ3) is 5.08. The Kier molecular flexibility index (Phi) is 7.06. The van der Waals surface area contributed by atoms with Gasteiger partial charge in [0.1, 0.15) is 0 Å². The van der Waals surface area contributed by atoms with Crippen molar-refractivity contribution in [2.45, 2.75) is 24.5 Å². The molecule has 1 saturated heterocycles. The van der Waals surface area contributed by atoms with Crippen LogP contribution in [0.5, 0.6) is 0 Å². The van der Waals surface area contributed by atoms with Crippen molar-refractivity contribution in [3.8, 4) is 0 Å². The molecule has 0 aliphatic carbocycles. The van der Waals surface area contributed by atoms with E-state index in [1.807, 2.05) is 31.9 Å². The van der Waals surface area contributed by atoms with Gasteiger partial charge in [0.15, 0.2) is 9.84 Å². The number of aryl methyl sites for hydroxylation is 1. The maximum Gasteiger partial charge on any atom is 0.256 e. The first-order chi connectivity index (χ1) is 18.0. The summed E-state index contributed by atoms with van der Waals surface area (Å²) in [7, 11) is -1.61. The standard InChI is InChI=1S/C28H29BrN4O4S/c1-17-25(30-18(2)26(17)28(35)33-11-9-32(3)10-12-33)15-23-22-14-21(7-8-24(22)31-27(23)34)38(36,37)16-19-5-4-6-20(29)13-19/h4-8,13-15,30H,9-12,16H2,1-3H3,(H,31,34)/b23-15-. The minimum absolute atomic E-state index is 0.0220. The van der Waals surface area contributed by atoms with Crippen LogP contribution in [0.4, 0.5) is 5.69 Å². The van der Waals surface area contributed by atoms with E-state index in [-0.39, 0.29) is 22.5 Å². The number of amides is 2. The number of hydrogen-bond donors (Lipinski definition) is 2. The van der Waals surface area contributed by atoms with Crippen LogP contribution in [-0.4, -0.2) is 68.2 Å². The predicted molar refractivity (Wildman–Crippen MR) is 152 cm³/mol. The molecule has 5 rings (SSSR count). The number of nitrogens with zero attached hydrogens (tertiary/aromatic N) is 2.